The number of aliphatic hydroxyl groups excluding tert-OH is 1. The zero-order valence-electron chi connectivity index (χ0n) is 15.9. The van der Waals surface area contributed by atoms with Crippen LogP contribution in [0.1, 0.15) is 29.2 Å². The van der Waals surface area contributed by atoms with Crippen LogP contribution in [0, 0.1) is 13.8 Å². The van der Waals surface area contributed by atoms with Crippen LogP contribution in [0.25, 0.3) is 22.3 Å². The molecule has 0 spiro atoms. The number of benzene rings is 1. The second kappa shape index (κ2) is 7.00. The van der Waals surface area contributed by atoms with E-state index in [4.69, 9.17) is 4.74 Å². The second-order valence-corrected chi connectivity index (χ2v) is 7.39. The first-order valence-corrected chi connectivity index (χ1v) is 9.18. The molecule has 0 radical (unpaired) electrons. The van der Waals surface area contributed by atoms with Crippen molar-refractivity contribution in [2.24, 2.45) is 0 Å². The minimum absolute atomic E-state index is 0.0595. The van der Waals surface area contributed by atoms with Gasteiger partial charge >= 0.3 is 6.18 Å². The summed E-state index contributed by atoms with van der Waals surface area (Å²) in [6.45, 7) is 4.01. The third kappa shape index (κ3) is 3.44. The quantitative estimate of drug-likeness (QED) is 0.676. The van der Waals surface area contributed by atoms with E-state index in [2.05, 4.69) is 10.2 Å². The summed E-state index contributed by atoms with van der Waals surface area (Å²) >= 11 is 0. The summed E-state index contributed by atoms with van der Waals surface area (Å²) in [5.74, 6) is -0.497. The summed E-state index contributed by atoms with van der Waals surface area (Å²) in [7, 11) is 0. The highest BCUT2D eigenvalue weighted by atomic mass is 19.4. The Balaban J connectivity index is 1.87. The SMILES string of the molecule is Cc1cc(O)c(-c2cc3c(C)cn([C@@H]4CCOC[C@H]4O)c3nn2)c(C(F)(F)F)c1. The van der Waals surface area contributed by atoms with E-state index in [1.807, 2.05) is 13.1 Å². The molecule has 3 heterocycles. The maximum atomic E-state index is 13.6. The van der Waals surface area contributed by atoms with Crippen molar-refractivity contribution in [2.45, 2.75) is 38.6 Å². The van der Waals surface area contributed by atoms with Gasteiger partial charge in [-0.2, -0.15) is 13.2 Å². The highest BCUT2D eigenvalue weighted by Crippen LogP contribution is 2.42. The normalized spacial score (nSPS) is 20.3. The van der Waals surface area contributed by atoms with Gasteiger partial charge in [0.25, 0.3) is 0 Å². The van der Waals surface area contributed by atoms with E-state index in [1.165, 1.54) is 19.1 Å². The highest BCUT2D eigenvalue weighted by Gasteiger charge is 2.36. The summed E-state index contributed by atoms with van der Waals surface area (Å²) in [4.78, 5) is 0. The molecule has 1 saturated heterocycles. The minimum atomic E-state index is -4.65. The number of fused-ring (bicyclic) bond motifs is 1. The van der Waals surface area contributed by atoms with E-state index < -0.39 is 29.2 Å². The van der Waals surface area contributed by atoms with E-state index in [1.54, 1.807) is 4.57 Å². The molecule has 4 rings (SSSR count). The lowest BCUT2D eigenvalue weighted by Gasteiger charge is -2.29. The molecule has 2 aromatic heterocycles. The van der Waals surface area contributed by atoms with Gasteiger partial charge in [-0.15, -0.1) is 10.2 Å². The Labute approximate surface area is 164 Å². The molecule has 1 aromatic carbocycles. The summed E-state index contributed by atoms with van der Waals surface area (Å²) < 4.78 is 47.8. The predicted octanol–water partition coefficient (Wildman–Crippen LogP) is 3.76. The summed E-state index contributed by atoms with van der Waals surface area (Å²) in [6.07, 6.45) is -2.96. The first-order valence-electron chi connectivity index (χ1n) is 9.18. The topological polar surface area (TPSA) is 80.4 Å². The van der Waals surface area contributed by atoms with Gasteiger partial charge in [-0.3, -0.25) is 0 Å². The van der Waals surface area contributed by atoms with Crippen molar-refractivity contribution in [3.8, 4) is 17.0 Å². The summed E-state index contributed by atoms with van der Waals surface area (Å²) in [5, 5.41) is 29.3. The Bertz CT molecular complexity index is 1080. The standard InChI is InChI=1S/C20H20F3N3O3/c1-10-5-13(20(21,22)23)18(16(27)6-10)14-7-12-11(2)8-26(19(12)25-24-14)15-3-4-29-9-17(15)28/h5-8,15,17,27-28H,3-4,9H2,1-2H3/t15-,17-/m1/s1. The number of phenols is 1. The molecule has 9 heteroatoms. The van der Waals surface area contributed by atoms with Gasteiger partial charge in [0.1, 0.15) is 5.75 Å². The number of aryl methyl sites for hydroxylation is 2. The third-order valence-electron chi connectivity index (χ3n) is 5.25. The van der Waals surface area contributed by atoms with Crippen molar-refractivity contribution in [2.75, 3.05) is 13.2 Å². The zero-order chi connectivity index (χ0) is 20.9. The fourth-order valence-electron chi connectivity index (χ4n) is 3.88. The van der Waals surface area contributed by atoms with E-state index >= 15 is 0 Å². The van der Waals surface area contributed by atoms with Gasteiger partial charge < -0.3 is 19.5 Å². The van der Waals surface area contributed by atoms with E-state index in [0.717, 1.165) is 11.6 Å². The van der Waals surface area contributed by atoms with Crippen molar-refractivity contribution >= 4 is 11.0 Å². The van der Waals surface area contributed by atoms with Gasteiger partial charge in [0.15, 0.2) is 5.65 Å². The smallest absolute Gasteiger partial charge is 0.417 e. The average molecular weight is 407 g/mol. The van der Waals surface area contributed by atoms with E-state index in [-0.39, 0.29) is 18.3 Å². The molecule has 0 bridgehead atoms. The van der Waals surface area contributed by atoms with Crippen LogP contribution in [-0.4, -0.2) is 44.3 Å². The van der Waals surface area contributed by atoms with Gasteiger partial charge in [-0.1, -0.05) is 0 Å². The van der Waals surface area contributed by atoms with Crippen molar-refractivity contribution in [3.63, 3.8) is 0 Å². The largest absolute Gasteiger partial charge is 0.507 e. The molecule has 1 aliphatic heterocycles. The molecule has 3 aromatic rings. The van der Waals surface area contributed by atoms with E-state index in [0.29, 0.717) is 29.6 Å². The molecule has 0 aliphatic carbocycles. The third-order valence-corrected chi connectivity index (χ3v) is 5.25. The van der Waals surface area contributed by atoms with Crippen LogP contribution in [0.15, 0.2) is 24.4 Å². The molecule has 154 valence electrons. The summed E-state index contributed by atoms with van der Waals surface area (Å²) in [6, 6.07) is 3.50. The van der Waals surface area contributed by atoms with Gasteiger partial charge in [0, 0.05) is 18.2 Å². The maximum Gasteiger partial charge on any atom is 0.417 e. The molecule has 0 saturated carbocycles. The molecular formula is C20H20F3N3O3. The van der Waals surface area contributed by atoms with Crippen molar-refractivity contribution in [1.29, 1.82) is 0 Å². The monoisotopic (exact) mass is 407 g/mol. The number of ether oxygens (including phenoxy) is 1. The first kappa shape index (κ1) is 19.7. The first-order chi connectivity index (χ1) is 13.7. The second-order valence-electron chi connectivity index (χ2n) is 7.39. The minimum Gasteiger partial charge on any atom is -0.507 e. The fourth-order valence-corrected chi connectivity index (χ4v) is 3.88. The molecule has 29 heavy (non-hydrogen) atoms. The Morgan fingerprint density at radius 1 is 1.17 bits per heavy atom. The highest BCUT2D eigenvalue weighted by molar-refractivity contribution is 5.85. The van der Waals surface area contributed by atoms with Gasteiger partial charge in [0.05, 0.1) is 35.6 Å². The molecule has 2 atom stereocenters. The Morgan fingerprint density at radius 3 is 2.62 bits per heavy atom. The Morgan fingerprint density at radius 2 is 1.93 bits per heavy atom. The molecule has 1 aliphatic rings. The summed E-state index contributed by atoms with van der Waals surface area (Å²) in [5.41, 5.74) is 0.142. The van der Waals surface area contributed by atoms with Gasteiger partial charge in [0.2, 0.25) is 0 Å². The Hall–Kier alpha value is -2.65. The predicted molar refractivity (Wildman–Crippen MR) is 99.6 cm³/mol. The fraction of sp³-hybridized carbons (Fsp3) is 0.400. The molecule has 2 N–H and O–H groups in total. The van der Waals surface area contributed by atoms with Crippen LogP contribution in [0.5, 0.6) is 5.75 Å². The van der Waals surface area contributed by atoms with Crippen LogP contribution < -0.4 is 0 Å². The van der Waals surface area contributed by atoms with Crippen molar-refractivity contribution < 1.29 is 28.1 Å². The molecular weight excluding hydrogens is 387 g/mol. The van der Waals surface area contributed by atoms with Crippen molar-refractivity contribution in [1.82, 2.24) is 14.8 Å². The van der Waals surface area contributed by atoms with E-state index in [9.17, 15) is 23.4 Å². The number of aromatic nitrogens is 3. The number of aromatic hydroxyl groups is 1. The molecule has 6 nitrogen and oxygen atoms in total. The molecule has 0 unspecified atom stereocenters. The van der Waals surface area contributed by atoms with Gasteiger partial charge in [-0.05, 0) is 49.6 Å². The number of aliphatic hydroxyl groups is 1. The number of hydrogen-bond donors (Lipinski definition) is 2. The van der Waals surface area contributed by atoms with Crippen LogP contribution in [-0.2, 0) is 10.9 Å². The lowest BCUT2D eigenvalue weighted by Crippen LogP contribution is -2.34. The average Bonchev–Trinajstić information content (AvgIpc) is 2.97. The van der Waals surface area contributed by atoms with Crippen LogP contribution >= 0.6 is 0 Å². The van der Waals surface area contributed by atoms with Crippen molar-refractivity contribution in [3.05, 3.63) is 41.1 Å². The number of hydrogen-bond acceptors (Lipinski definition) is 5. The number of phenolic OH excluding ortho intramolecular Hbond substituents is 1. The number of halogens is 3. The Kier molecular flexibility index (Phi) is 4.74. The number of alkyl halides is 3. The number of nitrogens with zero attached hydrogens (tertiary/aromatic N) is 3. The number of rotatable bonds is 2. The zero-order valence-corrected chi connectivity index (χ0v) is 15.9. The van der Waals surface area contributed by atoms with Gasteiger partial charge in [-0.25, -0.2) is 0 Å². The van der Waals surface area contributed by atoms with Crippen LogP contribution in [0.2, 0.25) is 0 Å². The van der Waals surface area contributed by atoms with Crippen LogP contribution in [0.3, 0.4) is 0 Å². The molecule has 1 fully saturated rings. The maximum absolute atomic E-state index is 13.6. The lowest BCUT2D eigenvalue weighted by atomic mass is 9.99. The van der Waals surface area contributed by atoms with Crippen LogP contribution in [0.4, 0.5) is 13.2 Å². The lowest BCUT2D eigenvalue weighted by molar-refractivity contribution is -0.137. The molecule has 0 amide bonds.